The molecule has 4 rings (SSSR count). The number of carbonyl (C=O) groups excluding carboxylic acids is 1. The van der Waals surface area contributed by atoms with Crippen LogP contribution in [-0.4, -0.2) is 42.5 Å². The first-order valence-corrected chi connectivity index (χ1v) is 11.4. The number of nitrogens with zero attached hydrogens (tertiary/aromatic N) is 3. The Morgan fingerprint density at radius 3 is 2.57 bits per heavy atom. The van der Waals surface area contributed by atoms with Gasteiger partial charge in [-0.05, 0) is 36.8 Å². The average Bonchev–Trinajstić information content (AvgIpc) is 2.97. The van der Waals surface area contributed by atoms with Crippen molar-refractivity contribution >= 4 is 27.1 Å². The average molecular weight is 423 g/mol. The lowest BCUT2D eigenvalue weighted by Crippen LogP contribution is -2.18. The van der Waals surface area contributed by atoms with Gasteiger partial charge in [0, 0.05) is 37.3 Å². The maximum absolute atomic E-state index is 12.7. The summed E-state index contributed by atoms with van der Waals surface area (Å²) in [6.07, 6.45) is 3.48. The number of nitrogens with one attached hydrogen (secondary N) is 1. The number of para-hydroxylation sites is 1. The molecule has 0 atom stereocenters. The Labute approximate surface area is 175 Å². The van der Waals surface area contributed by atoms with Crippen LogP contribution in [0.15, 0.2) is 53.6 Å². The molecule has 0 saturated heterocycles. The molecule has 1 N–H and O–H groups in total. The largest absolute Gasteiger partial charge is 0.354 e. The fraction of sp³-hybridized carbons (Fsp3) is 0.227. The van der Waals surface area contributed by atoms with E-state index >= 15 is 0 Å². The Balaban J connectivity index is 1.78. The summed E-state index contributed by atoms with van der Waals surface area (Å²) < 4.78 is 24.4. The first-order chi connectivity index (χ1) is 14.2. The normalized spacial score (nSPS) is 13.4. The monoisotopic (exact) mass is 422 g/mol. The van der Waals surface area contributed by atoms with Gasteiger partial charge >= 0.3 is 0 Å². The molecular formula is C22H22N4O3S. The highest BCUT2D eigenvalue weighted by molar-refractivity contribution is 7.90. The summed E-state index contributed by atoms with van der Waals surface area (Å²) in [5.41, 5.74) is 4.82. The molecule has 0 bridgehead atoms. The van der Waals surface area contributed by atoms with Gasteiger partial charge in [-0.2, -0.15) is 0 Å². The maximum Gasteiger partial charge on any atom is 0.257 e. The summed E-state index contributed by atoms with van der Waals surface area (Å²) in [6, 6.07) is 12.4. The maximum atomic E-state index is 12.7. The molecule has 3 aromatic rings. The summed E-state index contributed by atoms with van der Waals surface area (Å²) >= 11 is 0. The number of anilines is 2. The third-order valence-corrected chi connectivity index (χ3v) is 6.14. The first kappa shape index (κ1) is 20.0. The highest BCUT2D eigenvalue weighted by Gasteiger charge is 2.30. The molecule has 0 spiro atoms. The van der Waals surface area contributed by atoms with Crippen LogP contribution in [0.3, 0.4) is 0 Å². The van der Waals surface area contributed by atoms with Gasteiger partial charge in [-0.15, -0.1) is 0 Å². The molecule has 1 amide bonds. The predicted molar refractivity (Wildman–Crippen MR) is 115 cm³/mol. The highest BCUT2D eigenvalue weighted by Crippen LogP contribution is 2.33. The Bertz CT molecular complexity index is 1240. The van der Waals surface area contributed by atoms with E-state index in [1.807, 2.05) is 25.3 Å². The molecule has 1 aliphatic rings. The van der Waals surface area contributed by atoms with Crippen molar-refractivity contribution in [3.8, 4) is 0 Å². The van der Waals surface area contributed by atoms with E-state index in [0.29, 0.717) is 35.6 Å². The van der Waals surface area contributed by atoms with Gasteiger partial charge in [0.2, 0.25) is 0 Å². The molecule has 0 unspecified atom stereocenters. The van der Waals surface area contributed by atoms with Crippen molar-refractivity contribution in [3.63, 3.8) is 0 Å². The number of hydrogen-bond acceptors (Lipinski definition) is 6. The number of aryl methyl sites for hydroxylation is 1. The molecule has 7 nitrogen and oxygen atoms in total. The number of aromatic nitrogens is 2. The quantitative estimate of drug-likeness (QED) is 0.679. The second kappa shape index (κ2) is 7.53. The minimum absolute atomic E-state index is 0.142. The smallest absolute Gasteiger partial charge is 0.257 e. The van der Waals surface area contributed by atoms with E-state index in [1.165, 1.54) is 0 Å². The Morgan fingerprint density at radius 2 is 1.87 bits per heavy atom. The number of fused-ring (bicyclic) bond motifs is 1. The summed E-state index contributed by atoms with van der Waals surface area (Å²) in [6.45, 7) is 2.39. The molecule has 0 radical (unpaired) electrons. The first-order valence-electron chi connectivity index (χ1n) is 9.48. The summed E-state index contributed by atoms with van der Waals surface area (Å²) in [4.78, 5) is 23.6. The van der Waals surface area contributed by atoms with Crippen LogP contribution >= 0.6 is 0 Å². The number of benzene rings is 1. The molecule has 154 valence electrons. The lowest BCUT2D eigenvalue weighted by molar-refractivity contribution is 0.0817. The van der Waals surface area contributed by atoms with Crippen LogP contribution in [0.25, 0.3) is 0 Å². The fourth-order valence-electron chi connectivity index (χ4n) is 3.51. The number of sulfone groups is 1. The van der Waals surface area contributed by atoms with Crippen molar-refractivity contribution in [1.29, 1.82) is 0 Å². The van der Waals surface area contributed by atoms with Crippen molar-refractivity contribution in [3.05, 3.63) is 76.9 Å². The minimum atomic E-state index is -3.44. The molecule has 0 aliphatic carbocycles. The van der Waals surface area contributed by atoms with Gasteiger partial charge < -0.3 is 10.2 Å². The van der Waals surface area contributed by atoms with E-state index in [0.717, 1.165) is 23.2 Å². The lowest BCUT2D eigenvalue weighted by Gasteiger charge is -2.15. The van der Waals surface area contributed by atoms with Gasteiger partial charge in [-0.1, -0.05) is 18.2 Å². The van der Waals surface area contributed by atoms with Crippen LogP contribution in [0, 0.1) is 6.92 Å². The topological polar surface area (TPSA) is 92.3 Å². The molecular weight excluding hydrogens is 400 g/mol. The standard InChI is InChI=1S/C22H22N4O3S/c1-14-8-9-15(23-12-14)10-16-11-18(21-19(24-16)13-26(2)22(21)27)25-17-6-4-5-7-20(17)30(3,28)29/h4-9,11-12H,10,13H2,1-3H3,(H,24,25). The third kappa shape index (κ3) is 3.91. The lowest BCUT2D eigenvalue weighted by atomic mass is 10.1. The van der Waals surface area contributed by atoms with Crippen LogP contribution < -0.4 is 5.32 Å². The second-order valence-corrected chi connectivity index (χ2v) is 9.53. The van der Waals surface area contributed by atoms with Crippen LogP contribution in [-0.2, 0) is 22.8 Å². The molecule has 3 heterocycles. The zero-order valence-electron chi connectivity index (χ0n) is 17.0. The van der Waals surface area contributed by atoms with Gasteiger partial charge in [0.1, 0.15) is 0 Å². The van der Waals surface area contributed by atoms with Crippen molar-refractivity contribution < 1.29 is 13.2 Å². The molecule has 30 heavy (non-hydrogen) atoms. The summed E-state index contributed by atoms with van der Waals surface area (Å²) in [5.74, 6) is -0.142. The number of pyridine rings is 2. The molecule has 8 heteroatoms. The molecule has 2 aromatic heterocycles. The van der Waals surface area contributed by atoms with E-state index in [-0.39, 0.29) is 10.8 Å². The highest BCUT2D eigenvalue weighted by atomic mass is 32.2. The van der Waals surface area contributed by atoms with E-state index in [1.54, 1.807) is 42.3 Å². The SMILES string of the molecule is Cc1ccc(Cc2cc(Nc3ccccc3S(C)(=O)=O)c3c(n2)CN(C)C3=O)nc1. The zero-order chi connectivity index (χ0) is 21.5. The van der Waals surface area contributed by atoms with Gasteiger partial charge in [0.15, 0.2) is 9.84 Å². The fourth-order valence-corrected chi connectivity index (χ4v) is 4.36. The molecule has 1 aromatic carbocycles. The van der Waals surface area contributed by atoms with Crippen molar-refractivity contribution in [2.45, 2.75) is 24.8 Å². The van der Waals surface area contributed by atoms with Crippen molar-refractivity contribution in [2.75, 3.05) is 18.6 Å². The van der Waals surface area contributed by atoms with Gasteiger partial charge in [0.25, 0.3) is 5.91 Å². The molecule has 0 saturated carbocycles. The Morgan fingerprint density at radius 1 is 1.10 bits per heavy atom. The van der Waals surface area contributed by atoms with Crippen LogP contribution in [0.1, 0.15) is 33.0 Å². The summed E-state index contributed by atoms with van der Waals surface area (Å²) in [5, 5.41) is 3.18. The second-order valence-electron chi connectivity index (χ2n) is 7.54. The zero-order valence-corrected chi connectivity index (χ0v) is 17.8. The van der Waals surface area contributed by atoms with E-state index < -0.39 is 9.84 Å². The van der Waals surface area contributed by atoms with Crippen LogP contribution in [0.5, 0.6) is 0 Å². The van der Waals surface area contributed by atoms with Crippen molar-refractivity contribution in [2.24, 2.45) is 0 Å². The predicted octanol–water partition coefficient (Wildman–Crippen LogP) is 3.11. The number of rotatable bonds is 5. The number of hydrogen-bond donors (Lipinski definition) is 1. The van der Waals surface area contributed by atoms with Gasteiger partial charge in [-0.25, -0.2) is 8.42 Å². The minimum Gasteiger partial charge on any atom is -0.354 e. The molecule has 0 fully saturated rings. The van der Waals surface area contributed by atoms with Crippen molar-refractivity contribution in [1.82, 2.24) is 14.9 Å². The Kier molecular flexibility index (Phi) is 5.03. The van der Waals surface area contributed by atoms with Gasteiger partial charge in [0.05, 0.1) is 34.1 Å². The van der Waals surface area contributed by atoms with E-state index in [2.05, 4.69) is 15.3 Å². The molecule has 1 aliphatic heterocycles. The number of amides is 1. The Hall–Kier alpha value is -3.26. The number of carbonyl (C=O) groups is 1. The van der Waals surface area contributed by atoms with Gasteiger partial charge in [-0.3, -0.25) is 14.8 Å². The van der Waals surface area contributed by atoms with Crippen LogP contribution in [0.4, 0.5) is 11.4 Å². The summed E-state index contributed by atoms with van der Waals surface area (Å²) in [7, 11) is -1.72. The van der Waals surface area contributed by atoms with Crippen LogP contribution in [0.2, 0.25) is 0 Å². The van der Waals surface area contributed by atoms with E-state index in [4.69, 9.17) is 0 Å². The van der Waals surface area contributed by atoms with E-state index in [9.17, 15) is 13.2 Å². The third-order valence-electron chi connectivity index (χ3n) is 4.99.